The van der Waals surface area contributed by atoms with E-state index in [0.717, 1.165) is 37.8 Å². The highest BCUT2D eigenvalue weighted by atomic mass is 16.1. The average Bonchev–Trinajstić information content (AvgIpc) is 2.95. The predicted molar refractivity (Wildman–Crippen MR) is 93.1 cm³/mol. The summed E-state index contributed by atoms with van der Waals surface area (Å²) in [7, 11) is 2.26. The van der Waals surface area contributed by atoms with Gasteiger partial charge in [0.2, 0.25) is 5.91 Å². The van der Waals surface area contributed by atoms with Crippen LogP contribution in [0.2, 0.25) is 0 Å². The lowest BCUT2D eigenvalue weighted by Gasteiger charge is -2.33. The van der Waals surface area contributed by atoms with E-state index in [1.807, 2.05) is 0 Å². The molecule has 1 amide bonds. The Morgan fingerprint density at radius 1 is 0.913 bits per heavy atom. The Morgan fingerprint density at radius 3 is 2.26 bits per heavy atom. The Bertz CT molecular complexity index is 394. The Labute approximate surface area is 141 Å². The van der Waals surface area contributed by atoms with Crippen molar-refractivity contribution in [2.75, 3.05) is 59.4 Å². The molecule has 132 valence electrons. The highest BCUT2D eigenvalue weighted by Gasteiger charge is 2.29. The van der Waals surface area contributed by atoms with Crippen LogP contribution in [0.25, 0.3) is 0 Å². The first-order chi connectivity index (χ1) is 11.1. The molecular weight excluding hydrogens is 288 g/mol. The Morgan fingerprint density at radius 2 is 1.57 bits per heavy atom. The third-order valence-corrected chi connectivity index (χ3v) is 6.11. The fourth-order valence-corrected chi connectivity index (χ4v) is 4.78. The van der Waals surface area contributed by atoms with Crippen LogP contribution in [0.3, 0.4) is 0 Å². The number of hydrogen-bond acceptors (Lipinski definition) is 4. The smallest absolute Gasteiger partial charge is 0.220 e. The van der Waals surface area contributed by atoms with Crippen molar-refractivity contribution in [3.63, 3.8) is 0 Å². The lowest BCUT2D eigenvalue weighted by atomic mass is 9.95. The van der Waals surface area contributed by atoms with Crippen LogP contribution >= 0.6 is 0 Å². The minimum atomic E-state index is -0.103. The fourth-order valence-electron chi connectivity index (χ4n) is 4.78. The second-order valence-electron chi connectivity index (χ2n) is 8.16. The molecule has 2 N–H and O–H groups in total. The molecule has 0 aromatic heterocycles. The number of carbonyl (C=O) groups is 1. The van der Waals surface area contributed by atoms with E-state index in [2.05, 4.69) is 21.7 Å². The van der Waals surface area contributed by atoms with Gasteiger partial charge in [-0.1, -0.05) is 0 Å². The molecule has 3 saturated heterocycles. The summed E-state index contributed by atoms with van der Waals surface area (Å²) in [5, 5.41) is 0. The van der Waals surface area contributed by atoms with E-state index in [1.54, 1.807) is 0 Å². The van der Waals surface area contributed by atoms with Crippen molar-refractivity contribution >= 4 is 5.91 Å². The number of likely N-dealkylation sites (tertiary alicyclic amines) is 3. The van der Waals surface area contributed by atoms with E-state index < -0.39 is 0 Å². The third kappa shape index (κ3) is 4.91. The maximum Gasteiger partial charge on any atom is 0.220 e. The van der Waals surface area contributed by atoms with E-state index in [1.165, 1.54) is 58.5 Å². The molecule has 2 atom stereocenters. The predicted octanol–water partition coefficient (Wildman–Crippen LogP) is 0.847. The second-order valence-corrected chi connectivity index (χ2v) is 8.16. The molecular formula is C18H34N4O. The van der Waals surface area contributed by atoms with Crippen molar-refractivity contribution in [1.82, 2.24) is 14.7 Å². The van der Waals surface area contributed by atoms with E-state index in [9.17, 15) is 4.79 Å². The first-order valence-electron chi connectivity index (χ1n) is 9.52. The van der Waals surface area contributed by atoms with Gasteiger partial charge >= 0.3 is 0 Å². The van der Waals surface area contributed by atoms with Crippen LogP contribution in [0.15, 0.2) is 0 Å². The molecule has 0 spiro atoms. The number of carbonyl (C=O) groups excluding carboxylic acids is 1. The Kier molecular flexibility index (Phi) is 5.94. The lowest BCUT2D eigenvalue weighted by Crippen LogP contribution is -2.41. The van der Waals surface area contributed by atoms with Gasteiger partial charge in [-0.05, 0) is 77.2 Å². The molecule has 3 aliphatic heterocycles. The van der Waals surface area contributed by atoms with Gasteiger partial charge in [0.05, 0.1) is 0 Å². The van der Waals surface area contributed by atoms with Crippen LogP contribution in [0.5, 0.6) is 0 Å². The number of nitrogens with zero attached hydrogens (tertiary/aromatic N) is 3. The zero-order valence-electron chi connectivity index (χ0n) is 14.8. The topological polar surface area (TPSA) is 52.8 Å². The first kappa shape index (κ1) is 17.2. The number of piperidine rings is 2. The second kappa shape index (κ2) is 7.95. The maximum absolute atomic E-state index is 11.3. The van der Waals surface area contributed by atoms with Crippen LogP contribution < -0.4 is 5.73 Å². The number of nitrogens with two attached hydrogens (primary N) is 1. The summed E-state index contributed by atoms with van der Waals surface area (Å²) in [4.78, 5) is 19.0. The normalized spacial score (nSPS) is 32.4. The molecule has 3 fully saturated rings. The molecule has 0 unspecified atom stereocenters. The molecule has 5 nitrogen and oxygen atoms in total. The van der Waals surface area contributed by atoms with Gasteiger partial charge in [0.15, 0.2) is 0 Å². The molecule has 5 heteroatoms. The summed E-state index contributed by atoms with van der Waals surface area (Å²) in [5.74, 6) is 1.71. The number of amides is 1. The van der Waals surface area contributed by atoms with E-state index >= 15 is 0 Å². The summed E-state index contributed by atoms with van der Waals surface area (Å²) >= 11 is 0. The molecule has 0 aromatic carbocycles. The quantitative estimate of drug-likeness (QED) is 0.815. The van der Waals surface area contributed by atoms with Gasteiger partial charge in [0.1, 0.15) is 0 Å². The SMILES string of the molecule is CN1CCC[C@H](CN2CC[C@@H](CN3CCC(C(N)=O)CC3)C2)C1. The monoisotopic (exact) mass is 322 g/mol. The molecule has 3 aliphatic rings. The van der Waals surface area contributed by atoms with Gasteiger partial charge in [-0.2, -0.15) is 0 Å². The average molecular weight is 322 g/mol. The third-order valence-electron chi connectivity index (χ3n) is 6.11. The summed E-state index contributed by atoms with van der Waals surface area (Å²) in [6, 6.07) is 0. The fraction of sp³-hybridized carbons (Fsp3) is 0.944. The van der Waals surface area contributed by atoms with E-state index in [4.69, 9.17) is 5.73 Å². The largest absolute Gasteiger partial charge is 0.369 e. The zero-order chi connectivity index (χ0) is 16.2. The Hall–Kier alpha value is -0.650. The van der Waals surface area contributed by atoms with Gasteiger partial charge in [-0.3, -0.25) is 4.79 Å². The molecule has 3 heterocycles. The van der Waals surface area contributed by atoms with Crippen molar-refractivity contribution in [3.8, 4) is 0 Å². The highest BCUT2D eigenvalue weighted by molar-refractivity contribution is 5.76. The lowest BCUT2D eigenvalue weighted by molar-refractivity contribution is -0.123. The summed E-state index contributed by atoms with van der Waals surface area (Å²) < 4.78 is 0. The van der Waals surface area contributed by atoms with Crippen molar-refractivity contribution in [2.45, 2.75) is 32.1 Å². The molecule has 0 saturated carbocycles. The summed E-state index contributed by atoms with van der Waals surface area (Å²) in [5.41, 5.74) is 5.43. The molecule has 3 rings (SSSR count). The van der Waals surface area contributed by atoms with Crippen LogP contribution in [0, 0.1) is 17.8 Å². The number of primary amides is 1. The minimum Gasteiger partial charge on any atom is -0.369 e. The standard InChI is InChI=1S/C18H34N4O/c1-20-7-2-3-15(11-20)13-22-8-4-16(14-22)12-21-9-5-17(6-10-21)18(19)23/h15-17H,2-14H2,1H3,(H2,19,23)/t15-,16-/m0/s1. The molecule has 0 radical (unpaired) electrons. The van der Waals surface area contributed by atoms with Crippen molar-refractivity contribution in [2.24, 2.45) is 23.5 Å². The van der Waals surface area contributed by atoms with Crippen molar-refractivity contribution in [1.29, 1.82) is 0 Å². The minimum absolute atomic E-state index is 0.103. The highest BCUT2D eigenvalue weighted by Crippen LogP contribution is 2.24. The van der Waals surface area contributed by atoms with Crippen molar-refractivity contribution in [3.05, 3.63) is 0 Å². The molecule has 0 bridgehead atoms. The first-order valence-corrected chi connectivity index (χ1v) is 9.52. The van der Waals surface area contributed by atoms with E-state index in [0.29, 0.717) is 0 Å². The summed E-state index contributed by atoms with van der Waals surface area (Å²) in [6.45, 7) is 9.73. The van der Waals surface area contributed by atoms with Crippen LogP contribution in [0.1, 0.15) is 32.1 Å². The van der Waals surface area contributed by atoms with E-state index in [-0.39, 0.29) is 11.8 Å². The number of rotatable bonds is 5. The van der Waals surface area contributed by atoms with Gasteiger partial charge in [-0.15, -0.1) is 0 Å². The molecule has 23 heavy (non-hydrogen) atoms. The summed E-state index contributed by atoms with van der Waals surface area (Å²) in [6.07, 6.45) is 6.04. The van der Waals surface area contributed by atoms with Gasteiger partial charge in [0, 0.05) is 32.1 Å². The Balaban J connectivity index is 1.36. The van der Waals surface area contributed by atoms with Gasteiger partial charge in [-0.25, -0.2) is 0 Å². The van der Waals surface area contributed by atoms with Crippen LogP contribution in [0.4, 0.5) is 0 Å². The molecule has 0 aliphatic carbocycles. The number of hydrogen-bond donors (Lipinski definition) is 1. The molecule has 0 aromatic rings. The maximum atomic E-state index is 11.3. The van der Waals surface area contributed by atoms with Gasteiger partial charge in [0.25, 0.3) is 0 Å². The van der Waals surface area contributed by atoms with Crippen molar-refractivity contribution < 1.29 is 4.79 Å². The zero-order valence-corrected chi connectivity index (χ0v) is 14.8. The van der Waals surface area contributed by atoms with Crippen LogP contribution in [-0.2, 0) is 4.79 Å². The van der Waals surface area contributed by atoms with Crippen LogP contribution in [-0.4, -0.2) is 80.0 Å². The van der Waals surface area contributed by atoms with Gasteiger partial charge < -0.3 is 20.4 Å².